The standard InChI is InChI=1S/C14H15N3O3/c18-17(19)13-8-15-12-4-2-1-3-11(12)14(13)16-7-10-5-6-20-9-10/h1-4,8,10H,5-7,9H2,(H,15,16). The molecule has 2 heterocycles. The van der Waals surface area contributed by atoms with Gasteiger partial charge in [0, 0.05) is 24.5 Å². The molecule has 1 aromatic heterocycles. The second-order valence-corrected chi connectivity index (χ2v) is 4.90. The van der Waals surface area contributed by atoms with Crippen molar-refractivity contribution >= 4 is 22.3 Å². The Morgan fingerprint density at radius 3 is 3.05 bits per heavy atom. The number of hydrogen-bond donors (Lipinski definition) is 1. The maximum Gasteiger partial charge on any atom is 0.311 e. The second kappa shape index (κ2) is 5.42. The molecule has 3 rings (SSSR count). The van der Waals surface area contributed by atoms with Crippen LogP contribution in [0.4, 0.5) is 11.4 Å². The number of nitrogens with zero attached hydrogens (tertiary/aromatic N) is 2. The highest BCUT2D eigenvalue weighted by molar-refractivity contribution is 5.95. The van der Waals surface area contributed by atoms with Crippen molar-refractivity contribution in [3.8, 4) is 0 Å². The van der Waals surface area contributed by atoms with Gasteiger partial charge in [-0.3, -0.25) is 10.1 Å². The van der Waals surface area contributed by atoms with Gasteiger partial charge in [-0.05, 0) is 12.5 Å². The Morgan fingerprint density at radius 1 is 1.45 bits per heavy atom. The van der Waals surface area contributed by atoms with Crippen LogP contribution in [0.5, 0.6) is 0 Å². The average Bonchev–Trinajstić information content (AvgIpc) is 2.97. The van der Waals surface area contributed by atoms with Gasteiger partial charge in [0.15, 0.2) is 0 Å². The number of nitro groups is 1. The Bertz CT molecular complexity index is 639. The number of aromatic nitrogens is 1. The lowest BCUT2D eigenvalue weighted by atomic mass is 10.1. The van der Waals surface area contributed by atoms with Crippen molar-refractivity contribution in [2.45, 2.75) is 6.42 Å². The van der Waals surface area contributed by atoms with E-state index in [4.69, 9.17) is 4.74 Å². The molecule has 0 radical (unpaired) electrons. The number of pyridine rings is 1. The summed E-state index contributed by atoms with van der Waals surface area (Å²) in [7, 11) is 0. The molecule has 20 heavy (non-hydrogen) atoms. The Kier molecular flexibility index (Phi) is 3.47. The highest BCUT2D eigenvalue weighted by atomic mass is 16.6. The Labute approximate surface area is 115 Å². The molecule has 0 spiro atoms. The Hall–Kier alpha value is -2.21. The number of nitrogens with one attached hydrogen (secondary N) is 1. The lowest BCUT2D eigenvalue weighted by molar-refractivity contribution is -0.384. The van der Waals surface area contributed by atoms with Gasteiger partial charge in [-0.2, -0.15) is 0 Å². The summed E-state index contributed by atoms with van der Waals surface area (Å²) in [5.74, 6) is 0.404. The predicted molar refractivity (Wildman–Crippen MR) is 75.8 cm³/mol. The maximum atomic E-state index is 11.2. The van der Waals surface area contributed by atoms with E-state index in [0.29, 0.717) is 24.8 Å². The third kappa shape index (κ3) is 2.42. The smallest absolute Gasteiger partial charge is 0.311 e. The van der Waals surface area contributed by atoms with E-state index in [1.165, 1.54) is 6.20 Å². The van der Waals surface area contributed by atoms with E-state index in [1.807, 2.05) is 24.3 Å². The van der Waals surface area contributed by atoms with Gasteiger partial charge >= 0.3 is 5.69 Å². The van der Waals surface area contributed by atoms with E-state index in [0.717, 1.165) is 23.9 Å². The SMILES string of the molecule is O=[N+]([O-])c1cnc2ccccc2c1NCC1CCOC1. The van der Waals surface area contributed by atoms with Gasteiger partial charge in [-0.1, -0.05) is 18.2 Å². The van der Waals surface area contributed by atoms with E-state index in [-0.39, 0.29) is 5.69 Å². The normalized spacial score (nSPS) is 18.3. The zero-order chi connectivity index (χ0) is 13.9. The van der Waals surface area contributed by atoms with Crippen LogP contribution in [0.15, 0.2) is 30.5 Å². The topological polar surface area (TPSA) is 77.3 Å². The summed E-state index contributed by atoms with van der Waals surface area (Å²) >= 11 is 0. The number of benzene rings is 1. The summed E-state index contributed by atoms with van der Waals surface area (Å²) in [4.78, 5) is 14.9. The van der Waals surface area contributed by atoms with Gasteiger partial charge in [0.25, 0.3) is 0 Å². The first-order chi connectivity index (χ1) is 9.75. The lowest BCUT2D eigenvalue weighted by Gasteiger charge is -2.12. The minimum atomic E-state index is -0.396. The van der Waals surface area contributed by atoms with Crippen LogP contribution in [-0.2, 0) is 4.74 Å². The summed E-state index contributed by atoms with van der Waals surface area (Å²) < 4.78 is 5.32. The molecule has 1 saturated heterocycles. The quantitative estimate of drug-likeness (QED) is 0.684. The molecule has 6 heteroatoms. The van der Waals surface area contributed by atoms with Crippen LogP contribution in [0.1, 0.15) is 6.42 Å². The van der Waals surface area contributed by atoms with Crippen LogP contribution in [0.3, 0.4) is 0 Å². The van der Waals surface area contributed by atoms with Crippen molar-refractivity contribution in [3.63, 3.8) is 0 Å². The molecular weight excluding hydrogens is 258 g/mol. The molecular formula is C14H15N3O3. The van der Waals surface area contributed by atoms with E-state index in [9.17, 15) is 10.1 Å². The van der Waals surface area contributed by atoms with Gasteiger partial charge < -0.3 is 10.1 Å². The van der Waals surface area contributed by atoms with Crippen molar-refractivity contribution in [3.05, 3.63) is 40.6 Å². The van der Waals surface area contributed by atoms with Gasteiger partial charge in [-0.15, -0.1) is 0 Å². The highest BCUT2D eigenvalue weighted by Crippen LogP contribution is 2.31. The van der Waals surface area contributed by atoms with Gasteiger partial charge in [0.1, 0.15) is 11.9 Å². The number of fused-ring (bicyclic) bond motifs is 1. The van der Waals surface area contributed by atoms with Gasteiger partial charge in [0.2, 0.25) is 0 Å². The maximum absolute atomic E-state index is 11.2. The van der Waals surface area contributed by atoms with Crippen molar-refractivity contribution in [2.75, 3.05) is 25.1 Å². The first kappa shape index (κ1) is 12.8. The average molecular weight is 273 g/mol. The molecule has 6 nitrogen and oxygen atoms in total. The summed E-state index contributed by atoms with van der Waals surface area (Å²) in [5.41, 5.74) is 1.32. The van der Waals surface area contributed by atoms with Crippen molar-refractivity contribution in [1.29, 1.82) is 0 Å². The first-order valence-electron chi connectivity index (χ1n) is 6.59. The van der Waals surface area contributed by atoms with E-state index in [1.54, 1.807) is 0 Å². The minimum Gasteiger partial charge on any atom is -0.381 e. The monoisotopic (exact) mass is 273 g/mol. The van der Waals surface area contributed by atoms with E-state index in [2.05, 4.69) is 10.3 Å². The van der Waals surface area contributed by atoms with Crippen LogP contribution < -0.4 is 5.32 Å². The molecule has 2 aromatic rings. The van der Waals surface area contributed by atoms with Crippen LogP contribution in [0.25, 0.3) is 10.9 Å². The largest absolute Gasteiger partial charge is 0.381 e. The van der Waals surface area contributed by atoms with Gasteiger partial charge in [0.05, 0.1) is 17.0 Å². The molecule has 1 aromatic carbocycles. The van der Waals surface area contributed by atoms with Gasteiger partial charge in [-0.25, -0.2) is 4.98 Å². The zero-order valence-electron chi connectivity index (χ0n) is 10.9. The number of hydrogen-bond acceptors (Lipinski definition) is 5. The fourth-order valence-corrected chi connectivity index (χ4v) is 2.45. The summed E-state index contributed by atoms with van der Waals surface area (Å²) in [6.07, 6.45) is 2.31. The first-order valence-corrected chi connectivity index (χ1v) is 6.59. The summed E-state index contributed by atoms with van der Waals surface area (Å²) in [5, 5.41) is 15.2. The third-order valence-corrected chi connectivity index (χ3v) is 3.54. The lowest BCUT2D eigenvalue weighted by Crippen LogP contribution is -2.15. The number of para-hydroxylation sites is 1. The molecule has 1 N–H and O–H groups in total. The molecule has 1 aliphatic heterocycles. The predicted octanol–water partition coefficient (Wildman–Crippen LogP) is 2.59. The molecule has 1 unspecified atom stereocenters. The molecule has 0 amide bonds. The molecule has 0 bridgehead atoms. The summed E-state index contributed by atoms with van der Waals surface area (Å²) in [6.45, 7) is 2.16. The number of rotatable bonds is 4. The molecule has 1 aliphatic rings. The fourth-order valence-electron chi connectivity index (χ4n) is 2.45. The molecule has 1 atom stereocenters. The molecule has 104 valence electrons. The second-order valence-electron chi connectivity index (χ2n) is 4.90. The molecule has 0 saturated carbocycles. The molecule has 0 aliphatic carbocycles. The van der Waals surface area contributed by atoms with Crippen LogP contribution in [0.2, 0.25) is 0 Å². The fraction of sp³-hybridized carbons (Fsp3) is 0.357. The Morgan fingerprint density at radius 2 is 2.30 bits per heavy atom. The zero-order valence-corrected chi connectivity index (χ0v) is 10.9. The molecule has 1 fully saturated rings. The number of anilines is 1. The Balaban J connectivity index is 1.96. The number of ether oxygens (including phenoxy) is 1. The highest BCUT2D eigenvalue weighted by Gasteiger charge is 2.20. The van der Waals surface area contributed by atoms with Crippen molar-refractivity contribution in [1.82, 2.24) is 4.98 Å². The minimum absolute atomic E-state index is 0.0163. The van der Waals surface area contributed by atoms with Crippen LogP contribution >= 0.6 is 0 Å². The summed E-state index contributed by atoms with van der Waals surface area (Å²) in [6, 6.07) is 7.43. The van der Waals surface area contributed by atoms with Crippen LogP contribution in [0, 0.1) is 16.0 Å². The third-order valence-electron chi connectivity index (χ3n) is 3.54. The van der Waals surface area contributed by atoms with Crippen molar-refractivity contribution in [2.24, 2.45) is 5.92 Å². The van der Waals surface area contributed by atoms with E-state index >= 15 is 0 Å². The van der Waals surface area contributed by atoms with Crippen LogP contribution in [-0.4, -0.2) is 29.7 Å². The van der Waals surface area contributed by atoms with E-state index < -0.39 is 4.92 Å². The van der Waals surface area contributed by atoms with Crippen molar-refractivity contribution < 1.29 is 9.66 Å².